The van der Waals surface area contributed by atoms with Crippen LogP contribution in [-0.4, -0.2) is 44.1 Å². The van der Waals surface area contributed by atoms with Gasteiger partial charge in [-0.2, -0.15) is 5.26 Å². The Morgan fingerprint density at radius 3 is 2.68 bits per heavy atom. The van der Waals surface area contributed by atoms with Crippen LogP contribution in [0.2, 0.25) is 0 Å². The standard InChI is InChI=1S/C22H19N5O3S/c1-30-11-10-27-21(29)14-6-2-3-7-16(14)26-22(27)31-13-19(28)15(12-23)20-24-17-8-4-5-9-18(17)25-20/h2-9,28H,10-11,13H2,1H3,(H,24,25). The number of nitriles is 1. The number of aliphatic hydroxyl groups is 1. The molecule has 0 bridgehead atoms. The zero-order valence-corrected chi connectivity index (χ0v) is 17.5. The minimum absolute atomic E-state index is 0.0512. The molecule has 0 unspecified atom stereocenters. The van der Waals surface area contributed by atoms with Crippen molar-refractivity contribution < 1.29 is 9.84 Å². The maximum absolute atomic E-state index is 12.9. The van der Waals surface area contributed by atoms with E-state index in [9.17, 15) is 15.2 Å². The van der Waals surface area contributed by atoms with Gasteiger partial charge in [0.25, 0.3) is 5.56 Å². The molecular weight excluding hydrogens is 414 g/mol. The summed E-state index contributed by atoms with van der Waals surface area (Å²) in [5.41, 5.74) is 1.93. The highest BCUT2D eigenvalue weighted by molar-refractivity contribution is 7.99. The molecule has 2 N–H and O–H groups in total. The van der Waals surface area contributed by atoms with Crippen LogP contribution in [0, 0.1) is 11.3 Å². The predicted molar refractivity (Wildman–Crippen MR) is 120 cm³/mol. The van der Waals surface area contributed by atoms with Crippen molar-refractivity contribution in [2.45, 2.75) is 11.7 Å². The zero-order chi connectivity index (χ0) is 21.8. The van der Waals surface area contributed by atoms with Gasteiger partial charge in [0, 0.05) is 7.11 Å². The van der Waals surface area contributed by atoms with Crippen LogP contribution >= 0.6 is 11.8 Å². The third-order valence-corrected chi connectivity index (χ3v) is 5.70. The molecule has 0 aliphatic carbocycles. The fraction of sp³-hybridized carbons (Fsp3) is 0.182. The summed E-state index contributed by atoms with van der Waals surface area (Å²) in [6, 6.07) is 16.5. The second-order valence-corrected chi connectivity index (χ2v) is 7.63. The zero-order valence-electron chi connectivity index (χ0n) is 16.7. The SMILES string of the molecule is COCCn1c(SCC(O)=C(C#N)c2nc3ccccc3[nH]2)nc2ccccc2c1=O. The van der Waals surface area contributed by atoms with Gasteiger partial charge in [0.2, 0.25) is 0 Å². The maximum atomic E-state index is 12.9. The molecule has 4 rings (SSSR count). The lowest BCUT2D eigenvalue weighted by molar-refractivity contribution is 0.183. The number of H-pyrrole nitrogens is 1. The molecule has 31 heavy (non-hydrogen) atoms. The molecule has 0 saturated heterocycles. The normalized spacial score (nSPS) is 12.1. The molecule has 0 aliphatic rings. The number of ether oxygens (including phenoxy) is 1. The first kappa shape index (κ1) is 20.7. The Morgan fingerprint density at radius 1 is 1.19 bits per heavy atom. The number of allylic oxidation sites excluding steroid dienone is 1. The second kappa shape index (κ2) is 9.04. The lowest BCUT2D eigenvalue weighted by Gasteiger charge is -2.12. The third-order valence-electron chi connectivity index (χ3n) is 4.71. The van der Waals surface area contributed by atoms with Crippen molar-refractivity contribution in [3.63, 3.8) is 0 Å². The topological polar surface area (TPSA) is 117 Å². The Bertz CT molecular complexity index is 1350. The molecule has 2 heterocycles. The van der Waals surface area contributed by atoms with Crippen LogP contribution in [0.3, 0.4) is 0 Å². The molecule has 4 aromatic rings. The predicted octanol–water partition coefficient (Wildman–Crippen LogP) is 3.50. The summed E-state index contributed by atoms with van der Waals surface area (Å²) in [5, 5.41) is 21.2. The molecule has 156 valence electrons. The average molecular weight is 433 g/mol. The van der Waals surface area contributed by atoms with Gasteiger partial charge in [0.15, 0.2) is 11.0 Å². The number of aliphatic hydroxyl groups excluding tert-OH is 1. The number of thioether (sulfide) groups is 1. The number of benzene rings is 2. The number of imidazole rings is 1. The first-order valence-corrected chi connectivity index (χ1v) is 10.5. The lowest BCUT2D eigenvalue weighted by atomic mass is 10.2. The van der Waals surface area contributed by atoms with E-state index in [-0.39, 0.29) is 22.6 Å². The summed E-state index contributed by atoms with van der Waals surface area (Å²) in [6.45, 7) is 0.673. The third kappa shape index (κ3) is 4.17. The number of hydrogen-bond donors (Lipinski definition) is 2. The Kier molecular flexibility index (Phi) is 6.02. The van der Waals surface area contributed by atoms with Gasteiger partial charge in [0.05, 0.1) is 40.8 Å². The van der Waals surface area contributed by atoms with Gasteiger partial charge in [-0.05, 0) is 24.3 Å². The Morgan fingerprint density at radius 2 is 1.94 bits per heavy atom. The summed E-state index contributed by atoms with van der Waals surface area (Å²) in [5.74, 6) is 0.204. The lowest BCUT2D eigenvalue weighted by Crippen LogP contribution is -2.25. The molecule has 9 heteroatoms. The summed E-state index contributed by atoms with van der Waals surface area (Å²) >= 11 is 1.18. The van der Waals surface area contributed by atoms with Gasteiger partial charge in [-0.3, -0.25) is 9.36 Å². The average Bonchev–Trinajstić information content (AvgIpc) is 3.21. The van der Waals surface area contributed by atoms with Crippen LogP contribution < -0.4 is 5.56 Å². The van der Waals surface area contributed by atoms with Gasteiger partial charge >= 0.3 is 0 Å². The summed E-state index contributed by atoms with van der Waals surface area (Å²) in [4.78, 5) is 24.9. The van der Waals surface area contributed by atoms with E-state index in [0.29, 0.717) is 40.6 Å². The summed E-state index contributed by atoms with van der Waals surface area (Å²) in [7, 11) is 1.56. The quantitative estimate of drug-likeness (QED) is 0.198. The number of fused-ring (bicyclic) bond motifs is 2. The summed E-state index contributed by atoms with van der Waals surface area (Å²) in [6.07, 6.45) is 0. The van der Waals surface area contributed by atoms with Gasteiger partial charge < -0.3 is 14.8 Å². The number of aromatic amines is 1. The Balaban J connectivity index is 1.68. The number of rotatable bonds is 7. The molecule has 2 aromatic carbocycles. The molecule has 2 aromatic heterocycles. The van der Waals surface area contributed by atoms with Crippen LogP contribution in [0.25, 0.3) is 27.5 Å². The fourth-order valence-electron chi connectivity index (χ4n) is 3.17. The molecule has 0 saturated carbocycles. The molecule has 0 atom stereocenters. The molecule has 0 aliphatic heterocycles. The highest BCUT2D eigenvalue weighted by Crippen LogP contribution is 2.24. The van der Waals surface area contributed by atoms with E-state index in [1.165, 1.54) is 16.3 Å². The number of para-hydroxylation sites is 3. The molecule has 0 radical (unpaired) electrons. The van der Waals surface area contributed by atoms with Crippen molar-refractivity contribution in [1.29, 1.82) is 5.26 Å². The first-order chi connectivity index (χ1) is 15.1. The molecule has 0 spiro atoms. The Hall–Kier alpha value is -3.61. The van der Waals surface area contributed by atoms with E-state index in [1.54, 1.807) is 25.3 Å². The van der Waals surface area contributed by atoms with E-state index in [2.05, 4.69) is 15.0 Å². The smallest absolute Gasteiger partial charge is 0.262 e. The van der Waals surface area contributed by atoms with Gasteiger partial charge in [-0.15, -0.1) is 0 Å². The fourth-order valence-corrected chi connectivity index (χ4v) is 4.07. The van der Waals surface area contributed by atoms with Crippen molar-refractivity contribution in [3.05, 3.63) is 70.5 Å². The summed E-state index contributed by atoms with van der Waals surface area (Å²) < 4.78 is 6.65. The van der Waals surface area contributed by atoms with E-state index in [1.807, 2.05) is 36.4 Å². The van der Waals surface area contributed by atoms with E-state index in [0.717, 1.165) is 5.52 Å². The van der Waals surface area contributed by atoms with Crippen molar-refractivity contribution in [3.8, 4) is 6.07 Å². The van der Waals surface area contributed by atoms with Crippen molar-refractivity contribution >= 4 is 39.3 Å². The maximum Gasteiger partial charge on any atom is 0.262 e. The van der Waals surface area contributed by atoms with Crippen LogP contribution in [0.5, 0.6) is 0 Å². The minimum atomic E-state index is -0.175. The van der Waals surface area contributed by atoms with Gasteiger partial charge in [-0.25, -0.2) is 9.97 Å². The molecule has 8 nitrogen and oxygen atoms in total. The molecule has 0 fully saturated rings. The minimum Gasteiger partial charge on any atom is -0.510 e. The van der Waals surface area contributed by atoms with Crippen molar-refractivity contribution in [1.82, 2.24) is 19.5 Å². The van der Waals surface area contributed by atoms with Crippen LogP contribution in [0.1, 0.15) is 5.82 Å². The molecule has 0 amide bonds. The Labute approximate surface area is 181 Å². The van der Waals surface area contributed by atoms with Crippen LogP contribution in [-0.2, 0) is 11.3 Å². The molecular formula is C22H19N5O3S. The van der Waals surface area contributed by atoms with Gasteiger partial charge in [0.1, 0.15) is 17.4 Å². The highest BCUT2D eigenvalue weighted by atomic mass is 32.2. The number of methoxy groups -OCH3 is 1. The van der Waals surface area contributed by atoms with E-state index < -0.39 is 0 Å². The van der Waals surface area contributed by atoms with Crippen molar-refractivity contribution in [2.75, 3.05) is 19.5 Å². The number of nitrogens with zero attached hydrogens (tertiary/aromatic N) is 4. The highest BCUT2D eigenvalue weighted by Gasteiger charge is 2.16. The second-order valence-electron chi connectivity index (χ2n) is 6.69. The largest absolute Gasteiger partial charge is 0.510 e. The van der Waals surface area contributed by atoms with Gasteiger partial charge in [-0.1, -0.05) is 36.0 Å². The number of aromatic nitrogens is 4. The first-order valence-electron chi connectivity index (χ1n) is 9.51. The van der Waals surface area contributed by atoms with E-state index >= 15 is 0 Å². The number of nitrogens with one attached hydrogen (secondary N) is 1. The van der Waals surface area contributed by atoms with Crippen LogP contribution in [0.4, 0.5) is 0 Å². The monoisotopic (exact) mass is 433 g/mol. The van der Waals surface area contributed by atoms with E-state index in [4.69, 9.17) is 4.74 Å². The van der Waals surface area contributed by atoms with Crippen molar-refractivity contribution in [2.24, 2.45) is 0 Å². The van der Waals surface area contributed by atoms with Crippen LogP contribution in [0.15, 0.2) is 64.2 Å². The number of hydrogen-bond acceptors (Lipinski definition) is 7.